The van der Waals surface area contributed by atoms with Gasteiger partial charge in [-0.2, -0.15) is 0 Å². The molecule has 0 bridgehead atoms. The van der Waals surface area contributed by atoms with E-state index in [0.717, 1.165) is 17.1 Å². The van der Waals surface area contributed by atoms with Gasteiger partial charge in [0.05, 0.1) is 15.7 Å². The van der Waals surface area contributed by atoms with Gasteiger partial charge in [0.15, 0.2) is 0 Å². The van der Waals surface area contributed by atoms with Crippen molar-refractivity contribution in [3.05, 3.63) is 193 Å². The van der Waals surface area contributed by atoms with E-state index < -0.39 is 0 Å². The van der Waals surface area contributed by atoms with Crippen molar-refractivity contribution in [2.24, 2.45) is 0 Å². The lowest BCUT2D eigenvalue weighted by Gasteiger charge is -2.28. The van der Waals surface area contributed by atoms with Crippen molar-refractivity contribution < 1.29 is 0 Å². The van der Waals surface area contributed by atoms with Crippen LogP contribution in [0.25, 0.3) is 79.3 Å². The molecule has 0 N–H and O–H groups in total. The lowest BCUT2D eigenvalue weighted by molar-refractivity contribution is 0.660. The normalized spacial score (nSPS) is 13.2. The molecule has 12 rings (SSSR count). The molecule has 2 nitrogen and oxygen atoms in total. The SMILES string of the molecule is CC1(C)c2ccccc2-c2ccc(N(c3ccc(-c4ccc5c(c4)c4sc6ccccc6c4n5-c4ccccc4)cc3)c3ccc4sc5ccccc5c4c3)cc21. The smallest absolute Gasteiger partial charge is 0.0727 e. The second-order valence-electron chi connectivity index (χ2n) is 15.7. The summed E-state index contributed by atoms with van der Waals surface area (Å²) >= 11 is 3.76. The molecule has 0 radical (unpaired) electrons. The Kier molecular flexibility index (Phi) is 7.05. The molecule has 0 saturated heterocycles. The molecule has 0 fully saturated rings. The highest BCUT2D eigenvalue weighted by atomic mass is 32.1. The number of aromatic nitrogens is 1. The standard InChI is InChI=1S/C53H36N2S2/c1-53(2)45-17-9-6-14-39(45)40-27-25-38(32-46(40)53)54(37-26-29-50-43(31-37)41-15-7-10-18-48(41)56-50)36-23-20-33(21-24-36)34-22-28-47-44(30-34)52-51(42-16-8-11-19-49(42)57-52)55(47)35-12-4-3-5-13-35/h3-32H,1-2H3. The minimum absolute atomic E-state index is 0.0943. The van der Waals surface area contributed by atoms with Crippen molar-refractivity contribution in [1.29, 1.82) is 0 Å². The Balaban J connectivity index is 1.01. The van der Waals surface area contributed by atoms with Gasteiger partial charge < -0.3 is 9.47 Å². The van der Waals surface area contributed by atoms with Crippen LogP contribution in [0.1, 0.15) is 25.0 Å². The summed E-state index contributed by atoms with van der Waals surface area (Å²) in [5.41, 5.74) is 14.9. The highest BCUT2D eigenvalue weighted by Crippen LogP contribution is 2.51. The quantitative estimate of drug-likeness (QED) is 0.169. The number of fused-ring (bicyclic) bond motifs is 11. The molecule has 1 aliphatic carbocycles. The van der Waals surface area contributed by atoms with Crippen molar-refractivity contribution in [2.45, 2.75) is 19.3 Å². The summed E-state index contributed by atoms with van der Waals surface area (Å²) in [5.74, 6) is 0. The molecule has 0 amide bonds. The topological polar surface area (TPSA) is 8.17 Å². The summed E-state index contributed by atoms with van der Waals surface area (Å²) in [6.07, 6.45) is 0. The van der Waals surface area contributed by atoms with Crippen molar-refractivity contribution in [1.82, 2.24) is 4.57 Å². The van der Waals surface area contributed by atoms with E-state index in [-0.39, 0.29) is 5.41 Å². The molecule has 270 valence electrons. The minimum Gasteiger partial charge on any atom is -0.310 e. The zero-order valence-corrected chi connectivity index (χ0v) is 33.2. The van der Waals surface area contributed by atoms with Gasteiger partial charge >= 0.3 is 0 Å². The molecular weight excluding hydrogens is 729 g/mol. The molecule has 0 spiro atoms. The van der Waals surface area contributed by atoms with Gasteiger partial charge in [-0.3, -0.25) is 0 Å². The maximum atomic E-state index is 2.44. The van der Waals surface area contributed by atoms with Crippen molar-refractivity contribution in [3.63, 3.8) is 0 Å². The van der Waals surface area contributed by atoms with Crippen LogP contribution in [0.5, 0.6) is 0 Å². The Morgan fingerprint density at radius 1 is 0.439 bits per heavy atom. The van der Waals surface area contributed by atoms with E-state index in [2.05, 4.69) is 205 Å². The second kappa shape index (κ2) is 12.3. The van der Waals surface area contributed by atoms with E-state index in [1.54, 1.807) is 0 Å². The molecule has 3 aromatic heterocycles. The summed E-state index contributed by atoms with van der Waals surface area (Å²) in [6.45, 7) is 4.73. The summed E-state index contributed by atoms with van der Waals surface area (Å²) in [6, 6.07) is 67.5. The number of thiophene rings is 2. The van der Waals surface area contributed by atoms with E-state index in [9.17, 15) is 0 Å². The van der Waals surface area contributed by atoms with Gasteiger partial charge in [-0.1, -0.05) is 117 Å². The summed E-state index contributed by atoms with van der Waals surface area (Å²) in [5, 5.41) is 5.20. The van der Waals surface area contributed by atoms with Crippen LogP contribution in [0.3, 0.4) is 0 Å². The second-order valence-corrected chi connectivity index (χ2v) is 17.9. The Labute approximate surface area is 339 Å². The molecule has 57 heavy (non-hydrogen) atoms. The third-order valence-electron chi connectivity index (χ3n) is 12.2. The van der Waals surface area contributed by atoms with Crippen LogP contribution in [0.15, 0.2) is 182 Å². The number of hydrogen-bond donors (Lipinski definition) is 0. The molecule has 3 heterocycles. The first-order valence-corrected chi connectivity index (χ1v) is 21.2. The number of anilines is 3. The summed E-state index contributed by atoms with van der Waals surface area (Å²) < 4.78 is 7.72. The van der Waals surface area contributed by atoms with Crippen LogP contribution in [0.4, 0.5) is 17.1 Å². The highest BCUT2D eigenvalue weighted by molar-refractivity contribution is 7.26. The average Bonchev–Trinajstić information content (AvgIpc) is 3.98. The van der Waals surface area contributed by atoms with Crippen LogP contribution in [0, 0.1) is 0 Å². The number of nitrogens with zero attached hydrogens (tertiary/aromatic N) is 2. The summed E-state index contributed by atoms with van der Waals surface area (Å²) in [4.78, 5) is 2.44. The Morgan fingerprint density at radius 3 is 1.91 bits per heavy atom. The van der Waals surface area contributed by atoms with Gasteiger partial charge in [-0.15, -0.1) is 22.7 Å². The van der Waals surface area contributed by atoms with Crippen molar-refractivity contribution >= 4 is 91.1 Å². The van der Waals surface area contributed by atoms with Crippen molar-refractivity contribution in [3.8, 4) is 27.9 Å². The lowest BCUT2D eigenvalue weighted by Crippen LogP contribution is -2.16. The number of para-hydroxylation sites is 1. The molecular formula is C53H36N2S2. The predicted octanol–water partition coefficient (Wildman–Crippen LogP) is 15.8. The zero-order valence-electron chi connectivity index (χ0n) is 31.5. The molecule has 0 aliphatic heterocycles. The molecule has 0 atom stereocenters. The first-order chi connectivity index (χ1) is 28.0. The third kappa shape index (κ3) is 4.88. The highest BCUT2D eigenvalue weighted by Gasteiger charge is 2.35. The fourth-order valence-corrected chi connectivity index (χ4v) is 11.7. The maximum absolute atomic E-state index is 2.44. The van der Waals surface area contributed by atoms with Crippen LogP contribution in [0.2, 0.25) is 0 Å². The first-order valence-electron chi connectivity index (χ1n) is 19.6. The van der Waals surface area contributed by atoms with Gasteiger partial charge in [0.25, 0.3) is 0 Å². The molecule has 11 aromatic rings. The monoisotopic (exact) mass is 764 g/mol. The average molecular weight is 765 g/mol. The van der Waals surface area contributed by atoms with E-state index in [4.69, 9.17) is 0 Å². The van der Waals surface area contributed by atoms with Gasteiger partial charge in [0.2, 0.25) is 0 Å². The molecule has 0 saturated carbocycles. The van der Waals surface area contributed by atoms with Crippen molar-refractivity contribution in [2.75, 3.05) is 4.90 Å². The fourth-order valence-electron chi connectivity index (χ4n) is 9.43. The Morgan fingerprint density at radius 2 is 1.07 bits per heavy atom. The van der Waals surface area contributed by atoms with Gasteiger partial charge in [-0.05, 0) is 112 Å². The Bertz CT molecular complexity index is 3380. The molecule has 4 heteroatoms. The van der Waals surface area contributed by atoms with Crippen LogP contribution < -0.4 is 4.90 Å². The lowest BCUT2D eigenvalue weighted by atomic mass is 9.82. The number of rotatable bonds is 5. The molecule has 0 unspecified atom stereocenters. The van der Waals surface area contributed by atoms with Gasteiger partial charge in [-0.25, -0.2) is 0 Å². The van der Waals surface area contributed by atoms with Crippen LogP contribution >= 0.6 is 22.7 Å². The third-order valence-corrected chi connectivity index (χ3v) is 14.5. The minimum atomic E-state index is -0.0943. The molecule has 8 aromatic carbocycles. The predicted molar refractivity (Wildman–Crippen MR) is 247 cm³/mol. The maximum Gasteiger partial charge on any atom is 0.0727 e. The fraction of sp³-hybridized carbons (Fsp3) is 0.0566. The van der Waals surface area contributed by atoms with E-state index >= 15 is 0 Å². The zero-order chi connectivity index (χ0) is 37.8. The van der Waals surface area contributed by atoms with Gasteiger partial charge in [0.1, 0.15) is 0 Å². The largest absolute Gasteiger partial charge is 0.310 e. The van der Waals surface area contributed by atoms with E-state index in [1.807, 2.05) is 22.7 Å². The van der Waals surface area contributed by atoms with Crippen LogP contribution in [-0.4, -0.2) is 4.57 Å². The van der Waals surface area contributed by atoms with Gasteiger partial charge in [0, 0.05) is 63.8 Å². The van der Waals surface area contributed by atoms with E-state index in [1.165, 1.54) is 90.4 Å². The molecule has 1 aliphatic rings. The number of benzene rings is 8. The summed E-state index contributed by atoms with van der Waals surface area (Å²) in [7, 11) is 0. The van der Waals surface area contributed by atoms with E-state index in [0.29, 0.717) is 0 Å². The number of hydrogen-bond acceptors (Lipinski definition) is 3. The van der Waals surface area contributed by atoms with Crippen LogP contribution in [-0.2, 0) is 5.41 Å². The first kappa shape index (κ1) is 32.8. The Hall–Kier alpha value is -6.46.